The largest absolute Gasteiger partial charge is 0.369 e. The van der Waals surface area contributed by atoms with Crippen molar-refractivity contribution in [3.8, 4) is 6.07 Å². The molecule has 0 unspecified atom stereocenters. The van der Waals surface area contributed by atoms with Gasteiger partial charge in [0, 0.05) is 38.4 Å². The fraction of sp³-hybridized carbons (Fsp3) is 0.409. The molecule has 1 saturated heterocycles. The quantitative estimate of drug-likeness (QED) is 0.652. The first-order valence-electron chi connectivity index (χ1n) is 10.1. The van der Waals surface area contributed by atoms with Crippen molar-refractivity contribution in [2.45, 2.75) is 24.7 Å². The van der Waals surface area contributed by atoms with E-state index < -0.39 is 15.8 Å². The van der Waals surface area contributed by atoms with E-state index in [1.807, 2.05) is 0 Å². The van der Waals surface area contributed by atoms with E-state index in [9.17, 15) is 12.8 Å². The molecule has 1 aliphatic heterocycles. The van der Waals surface area contributed by atoms with Gasteiger partial charge < -0.3 is 4.90 Å². The van der Waals surface area contributed by atoms with Gasteiger partial charge in [0.05, 0.1) is 10.5 Å². The third kappa shape index (κ3) is 5.79. The molecule has 3 rings (SSSR count). The van der Waals surface area contributed by atoms with Gasteiger partial charge in [-0.05, 0) is 62.2 Å². The number of nitrogens with zero attached hydrogens (tertiary/aromatic N) is 3. The summed E-state index contributed by atoms with van der Waals surface area (Å²) in [5, 5.41) is 8.86. The van der Waals surface area contributed by atoms with E-state index >= 15 is 0 Å². The van der Waals surface area contributed by atoms with Crippen molar-refractivity contribution >= 4 is 15.7 Å². The first-order chi connectivity index (χ1) is 14.4. The number of anilines is 1. The van der Waals surface area contributed by atoms with Gasteiger partial charge in [-0.25, -0.2) is 17.5 Å². The molecule has 1 heterocycles. The molecule has 0 aliphatic carbocycles. The summed E-state index contributed by atoms with van der Waals surface area (Å²) in [6.45, 7) is 7.30. The van der Waals surface area contributed by atoms with E-state index in [2.05, 4.69) is 45.7 Å². The van der Waals surface area contributed by atoms with E-state index in [4.69, 9.17) is 5.26 Å². The van der Waals surface area contributed by atoms with Crippen LogP contribution in [0.4, 0.5) is 10.1 Å². The minimum Gasteiger partial charge on any atom is -0.369 e. The minimum atomic E-state index is -3.74. The lowest BCUT2D eigenvalue weighted by Gasteiger charge is -2.36. The van der Waals surface area contributed by atoms with Gasteiger partial charge in [-0.15, -0.1) is 0 Å². The maximum atomic E-state index is 13.4. The van der Waals surface area contributed by atoms with E-state index in [1.54, 1.807) is 6.07 Å². The monoisotopic (exact) mass is 430 g/mol. The summed E-state index contributed by atoms with van der Waals surface area (Å²) in [5.41, 5.74) is 2.26. The zero-order valence-corrected chi connectivity index (χ0v) is 18.0. The Morgan fingerprint density at radius 3 is 2.57 bits per heavy atom. The molecule has 1 N–H and O–H groups in total. The Hall–Kier alpha value is -2.47. The van der Waals surface area contributed by atoms with Crippen molar-refractivity contribution < 1.29 is 12.8 Å². The van der Waals surface area contributed by atoms with Crippen molar-refractivity contribution in [2.24, 2.45) is 0 Å². The van der Waals surface area contributed by atoms with Crippen LogP contribution in [0.2, 0.25) is 0 Å². The summed E-state index contributed by atoms with van der Waals surface area (Å²) in [6.07, 6.45) is 1.60. The number of nitriles is 1. The second kappa shape index (κ2) is 10.0. The highest BCUT2D eigenvalue weighted by atomic mass is 32.2. The van der Waals surface area contributed by atoms with Crippen LogP contribution in [0, 0.1) is 24.1 Å². The number of halogens is 1. The molecule has 30 heavy (non-hydrogen) atoms. The normalized spacial score (nSPS) is 15.2. The summed E-state index contributed by atoms with van der Waals surface area (Å²) in [6, 6.07) is 13.4. The number of rotatable bonds is 8. The topological polar surface area (TPSA) is 76.4 Å². The number of nitrogens with one attached hydrogen (secondary N) is 1. The Morgan fingerprint density at radius 2 is 1.87 bits per heavy atom. The molecule has 1 fully saturated rings. The van der Waals surface area contributed by atoms with Crippen LogP contribution < -0.4 is 9.62 Å². The average Bonchev–Trinajstić information content (AvgIpc) is 2.74. The van der Waals surface area contributed by atoms with Gasteiger partial charge >= 0.3 is 0 Å². The van der Waals surface area contributed by atoms with E-state index in [0.29, 0.717) is 13.0 Å². The van der Waals surface area contributed by atoms with Crippen molar-refractivity contribution in [3.63, 3.8) is 0 Å². The Bertz CT molecular complexity index is 1010. The Balaban J connectivity index is 1.38. The number of hydrogen-bond donors (Lipinski definition) is 1. The number of aryl methyl sites for hydroxylation is 1. The molecule has 0 amide bonds. The van der Waals surface area contributed by atoms with E-state index in [0.717, 1.165) is 51.3 Å². The van der Waals surface area contributed by atoms with Crippen LogP contribution >= 0.6 is 0 Å². The predicted molar refractivity (Wildman–Crippen MR) is 115 cm³/mol. The molecular weight excluding hydrogens is 403 g/mol. The van der Waals surface area contributed by atoms with Crippen LogP contribution in [0.3, 0.4) is 0 Å². The lowest BCUT2D eigenvalue weighted by Crippen LogP contribution is -2.46. The van der Waals surface area contributed by atoms with Crippen molar-refractivity contribution in [1.29, 1.82) is 5.26 Å². The second-order valence-electron chi connectivity index (χ2n) is 7.53. The Labute approximate surface area is 178 Å². The number of hydrogen-bond acceptors (Lipinski definition) is 5. The van der Waals surface area contributed by atoms with Crippen molar-refractivity contribution in [1.82, 2.24) is 9.62 Å². The fourth-order valence-corrected chi connectivity index (χ4v) is 4.66. The van der Waals surface area contributed by atoms with Crippen LogP contribution in [-0.4, -0.2) is 52.6 Å². The van der Waals surface area contributed by atoms with Crippen LogP contribution in [-0.2, 0) is 10.0 Å². The molecule has 0 spiro atoms. The highest BCUT2D eigenvalue weighted by Gasteiger charge is 2.18. The SMILES string of the molecule is Cc1cccc(N2CCN(CCCCNS(=O)(=O)c3ccc(F)c(C#N)c3)CC2)c1. The van der Waals surface area contributed by atoms with Gasteiger partial charge in [-0.3, -0.25) is 4.90 Å². The third-order valence-electron chi connectivity index (χ3n) is 5.30. The van der Waals surface area contributed by atoms with Crippen LogP contribution in [0.5, 0.6) is 0 Å². The third-order valence-corrected chi connectivity index (χ3v) is 6.76. The van der Waals surface area contributed by atoms with Gasteiger partial charge in [0.1, 0.15) is 11.9 Å². The molecule has 2 aromatic rings. The smallest absolute Gasteiger partial charge is 0.240 e. The van der Waals surface area contributed by atoms with Gasteiger partial charge in [-0.1, -0.05) is 12.1 Å². The molecule has 160 valence electrons. The van der Waals surface area contributed by atoms with Gasteiger partial charge in [0.15, 0.2) is 0 Å². The zero-order valence-electron chi connectivity index (χ0n) is 17.1. The van der Waals surface area contributed by atoms with Crippen molar-refractivity contribution in [3.05, 3.63) is 59.4 Å². The Kier molecular flexibility index (Phi) is 7.43. The number of benzene rings is 2. The summed E-state index contributed by atoms with van der Waals surface area (Å²) >= 11 is 0. The van der Waals surface area contributed by atoms with Gasteiger partial charge in [-0.2, -0.15) is 5.26 Å². The second-order valence-corrected chi connectivity index (χ2v) is 9.29. The maximum Gasteiger partial charge on any atom is 0.240 e. The van der Waals surface area contributed by atoms with E-state index in [-0.39, 0.29) is 10.5 Å². The van der Waals surface area contributed by atoms with Crippen molar-refractivity contribution in [2.75, 3.05) is 44.2 Å². The van der Waals surface area contributed by atoms with E-state index in [1.165, 1.54) is 17.3 Å². The predicted octanol–water partition coefficient (Wildman–Crippen LogP) is 2.89. The minimum absolute atomic E-state index is 0.0901. The molecule has 0 saturated carbocycles. The first kappa shape index (κ1) is 22.2. The number of unbranched alkanes of at least 4 members (excludes halogenated alkanes) is 1. The molecule has 1 aliphatic rings. The summed E-state index contributed by atoms with van der Waals surface area (Å²) in [5.74, 6) is -0.723. The number of sulfonamides is 1. The zero-order chi connectivity index (χ0) is 21.6. The molecule has 0 atom stereocenters. The molecule has 8 heteroatoms. The summed E-state index contributed by atoms with van der Waals surface area (Å²) in [4.78, 5) is 4.71. The molecule has 0 bridgehead atoms. The lowest BCUT2D eigenvalue weighted by molar-refractivity contribution is 0.253. The first-order valence-corrected chi connectivity index (χ1v) is 11.6. The summed E-state index contributed by atoms with van der Waals surface area (Å²) < 4.78 is 40.5. The molecular formula is C22H27FN4O2S. The van der Waals surface area contributed by atoms with Crippen LogP contribution in [0.15, 0.2) is 47.4 Å². The molecule has 2 aromatic carbocycles. The number of piperazine rings is 1. The highest BCUT2D eigenvalue weighted by molar-refractivity contribution is 7.89. The molecule has 0 aromatic heterocycles. The average molecular weight is 431 g/mol. The van der Waals surface area contributed by atoms with Crippen LogP contribution in [0.25, 0.3) is 0 Å². The maximum absolute atomic E-state index is 13.4. The van der Waals surface area contributed by atoms with Crippen LogP contribution in [0.1, 0.15) is 24.0 Å². The van der Waals surface area contributed by atoms with Gasteiger partial charge in [0.2, 0.25) is 10.0 Å². The lowest BCUT2D eigenvalue weighted by atomic mass is 10.2. The summed E-state index contributed by atoms with van der Waals surface area (Å²) in [7, 11) is -3.74. The fourth-order valence-electron chi connectivity index (χ4n) is 3.56. The highest BCUT2D eigenvalue weighted by Crippen LogP contribution is 2.18. The Morgan fingerprint density at radius 1 is 1.10 bits per heavy atom. The standard InChI is InChI=1S/C22H27FN4O2S/c1-18-5-4-6-20(15-18)27-13-11-26(12-14-27)10-3-2-9-25-30(28,29)21-7-8-22(23)19(16-21)17-24/h4-8,15-16,25H,2-3,9-14H2,1H3. The molecule has 0 radical (unpaired) electrons. The van der Waals surface area contributed by atoms with Gasteiger partial charge in [0.25, 0.3) is 0 Å². The molecule has 6 nitrogen and oxygen atoms in total.